The Morgan fingerprint density at radius 1 is 1.19 bits per heavy atom. The van der Waals surface area contributed by atoms with Crippen LogP contribution in [-0.2, 0) is 9.47 Å². The molecule has 0 radical (unpaired) electrons. The number of aryl methyl sites for hydroxylation is 1. The van der Waals surface area contributed by atoms with Gasteiger partial charge in [-0.2, -0.15) is 0 Å². The second-order valence-corrected chi connectivity index (χ2v) is 7.92. The molecule has 1 aliphatic heterocycles. The fourth-order valence-corrected chi connectivity index (χ4v) is 4.07. The van der Waals surface area contributed by atoms with E-state index in [4.69, 9.17) is 15.2 Å². The van der Waals surface area contributed by atoms with Crippen molar-refractivity contribution < 1.29 is 19.4 Å². The summed E-state index contributed by atoms with van der Waals surface area (Å²) in [5, 5.41) is 18.5. The maximum absolute atomic E-state index is 11.8. The van der Waals surface area contributed by atoms with E-state index in [2.05, 4.69) is 15.1 Å². The zero-order valence-electron chi connectivity index (χ0n) is 18.3. The third-order valence-electron chi connectivity index (χ3n) is 5.62. The molecule has 3 N–H and O–H groups in total. The van der Waals surface area contributed by atoms with Crippen LogP contribution in [0.5, 0.6) is 5.75 Å². The Bertz CT molecular complexity index is 1150. The fourth-order valence-electron chi connectivity index (χ4n) is 4.07. The predicted molar refractivity (Wildman–Crippen MR) is 122 cm³/mol. The summed E-state index contributed by atoms with van der Waals surface area (Å²) in [6, 6.07) is 14.3. The van der Waals surface area contributed by atoms with Crippen LogP contribution in [0.15, 0.2) is 48.5 Å². The number of carbonyl (C=O) groups is 1. The van der Waals surface area contributed by atoms with E-state index in [0.717, 1.165) is 16.8 Å². The number of morpholine rings is 1. The highest BCUT2D eigenvalue weighted by atomic mass is 16.5. The molecule has 0 unspecified atom stereocenters. The summed E-state index contributed by atoms with van der Waals surface area (Å²) < 4.78 is 11.0. The van der Waals surface area contributed by atoms with Crippen molar-refractivity contribution in [2.45, 2.75) is 26.1 Å². The number of carbonyl (C=O) groups excluding carboxylic acids is 1. The lowest BCUT2D eigenvalue weighted by molar-refractivity contribution is -0.0176. The molecule has 166 valence electrons. The Morgan fingerprint density at radius 2 is 1.97 bits per heavy atom. The van der Waals surface area contributed by atoms with Crippen LogP contribution < -0.4 is 10.6 Å². The predicted octanol–water partition coefficient (Wildman–Crippen LogP) is 3.49. The zero-order chi connectivity index (χ0) is 22.8. The number of aromatic nitrogens is 2. The van der Waals surface area contributed by atoms with Crippen molar-refractivity contribution in [3.63, 3.8) is 0 Å². The summed E-state index contributed by atoms with van der Waals surface area (Å²) in [7, 11) is 1.37. The van der Waals surface area contributed by atoms with Crippen molar-refractivity contribution in [2.24, 2.45) is 0 Å². The highest BCUT2D eigenvalue weighted by Crippen LogP contribution is 2.35. The van der Waals surface area contributed by atoms with Gasteiger partial charge < -0.3 is 25.2 Å². The van der Waals surface area contributed by atoms with Crippen LogP contribution in [0.3, 0.4) is 0 Å². The first-order valence-corrected chi connectivity index (χ1v) is 10.4. The van der Waals surface area contributed by atoms with Crippen LogP contribution in [-0.4, -0.2) is 47.6 Å². The Kier molecular flexibility index (Phi) is 5.96. The smallest absolute Gasteiger partial charge is 0.337 e. The van der Waals surface area contributed by atoms with Gasteiger partial charge in [-0.3, -0.25) is 0 Å². The molecule has 0 aliphatic carbocycles. The molecular weight excluding hydrogens is 408 g/mol. The number of hydrogen-bond acceptors (Lipinski definition) is 8. The number of rotatable bonds is 4. The number of phenols is 1. The Balaban J connectivity index is 1.65. The van der Waals surface area contributed by atoms with Gasteiger partial charge in [0, 0.05) is 18.7 Å². The van der Waals surface area contributed by atoms with Crippen LogP contribution in [0, 0.1) is 6.92 Å². The van der Waals surface area contributed by atoms with Gasteiger partial charge in [0.15, 0.2) is 5.82 Å². The van der Waals surface area contributed by atoms with E-state index in [9.17, 15) is 9.90 Å². The van der Waals surface area contributed by atoms with Gasteiger partial charge in [-0.15, -0.1) is 10.2 Å². The number of benzene rings is 2. The molecule has 1 fully saturated rings. The molecule has 0 bridgehead atoms. The topological polar surface area (TPSA) is 111 Å². The van der Waals surface area contributed by atoms with Crippen molar-refractivity contribution in [1.29, 1.82) is 0 Å². The van der Waals surface area contributed by atoms with Gasteiger partial charge in [0.2, 0.25) is 0 Å². The van der Waals surface area contributed by atoms with E-state index >= 15 is 0 Å². The summed E-state index contributed by atoms with van der Waals surface area (Å²) >= 11 is 0. The average Bonchev–Trinajstić information content (AvgIpc) is 2.78. The average molecular weight is 434 g/mol. The monoisotopic (exact) mass is 434 g/mol. The molecule has 2 aromatic carbocycles. The maximum Gasteiger partial charge on any atom is 0.337 e. The second-order valence-electron chi connectivity index (χ2n) is 7.92. The number of nitrogen functional groups attached to an aromatic ring is 1. The highest BCUT2D eigenvalue weighted by molar-refractivity contribution is 5.89. The van der Waals surface area contributed by atoms with Gasteiger partial charge in [0.1, 0.15) is 11.9 Å². The van der Waals surface area contributed by atoms with Crippen molar-refractivity contribution in [2.75, 3.05) is 30.8 Å². The van der Waals surface area contributed by atoms with Crippen LogP contribution in [0.2, 0.25) is 0 Å². The van der Waals surface area contributed by atoms with Crippen molar-refractivity contribution in [3.05, 3.63) is 65.2 Å². The van der Waals surface area contributed by atoms with E-state index in [1.165, 1.54) is 7.11 Å². The van der Waals surface area contributed by atoms with Gasteiger partial charge in [-0.1, -0.05) is 18.2 Å². The van der Waals surface area contributed by atoms with E-state index < -0.39 is 0 Å². The van der Waals surface area contributed by atoms with Crippen molar-refractivity contribution in [3.8, 4) is 17.0 Å². The minimum atomic E-state index is -0.369. The van der Waals surface area contributed by atoms with E-state index in [-0.39, 0.29) is 23.9 Å². The van der Waals surface area contributed by atoms with E-state index in [1.807, 2.05) is 38.1 Å². The van der Waals surface area contributed by atoms with E-state index in [1.54, 1.807) is 24.3 Å². The molecular formula is C24H26N4O4. The third kappa shape index (κ3) is 4.22. The van der Waals surface area contributed by atoms with Gasteiger partial charge >= 0.3 is 5.97 Å². The number of methoxy groups -OCH3 is 1. The molecule has 8 heteroatoms. The zero-order valence-corrected chi connectivity index (χ0v) is 18.3. The van der Waals surface area contributed by atoms with Crippen molar-refractivity contribution >= 4 is 17.5 Å². The summed E-state index contributed by atoms with van der Waals surface area (Å²) in [6.45, 7) is 5.14. The summed E-state index contributed by atoms with van der Waals surface area (Å²) in [5.41, 5.74) is 10.5. The largest absolute Gasteiger partial charge is 0.507 e. The molecule has 2 heterocycles. The fraction of sp³-hybridized carbons (Fsp3) is 0.292. The molecule has 32 heavy (non-hydrogen) atoms. The lowest BCUT2D eigenvalue weighted by Gasteiger charge is -2.39. The first-order chi connectivity index (χ1) is 15.4. The summed E-state index contributed by atoms with van der Waals surface area (Å²) in [5.74, 6) is 0.0772. The number of nitrogens with zero attached hydrogens (tertiary/aromatic N) is 3. The molecule has 2 atom stereocenters. The van der Waals surface area contributed by atoms with Gasteiger partial charge in [0.25, 0.3) is 0 Å². The first-order valence-electron chi connectivity index (χ1n) is 10.4. The number of nitrogens with two attached hydrogens (primary N) is 1. The second kappa shape index (κ2) is 8.84. The van der Waals surface area contributed by atoms with Crippen LogP contribution in [0.25, 0.3) is 11.3 Å². The SMILES string of the molecule is COC(=O)c1ccc([C@H]2CN(c3cc(-c4ccccc4O)nnc3N)C[C@@H](C)O2)c(C)c1. The van der Waals surface area contributed by atoms with Gasteiger partial charge in [-0.25, -0.2) is 4.79 Å². The summed E-state index contributed by atoms with van der Waals surface area (Å²) in [4.78, 5) is 14.0. The lowest BCUT2D eigenvalue weighted by Crippen LogP contribution is -2.43. The van der Waals surface area contributed by atoms with Gasteiger partial charge in [-0.05, 0) is 55.3 Å². The van der Waals surface area contributed by atoms with Crippen LogP contribution in [0.4, 0.5) is 11.5 Å². The Morgan fingerprint density at radius 3 is 2.69 bits per heavy atom. The lowest BCUT2D eigenvalue weighted by atomic mass is 9.98. The quantitative estimate of drug-likeness (QED) is 0.601. The summed E-state index contributed by atoms with van der Waals surface area (Å²) in [6.07, 6.45) is -0.277. The highest BCUT2D eigenvalue weighted by Gasteiger charge is 2.29. The third-order valence-corrected chi connectivity index (χ3v) is 5.62. The molecule has 0 saturated carbocycles. The number of phenolic OH excluding ortho intramolecular Hbond substituents is 1. The number of para-hydroxylation sites is 1. The van der Waals surface area contributed by atoms with E-state index in [0.29, 0.717) is 35.7 Å². The molecule has 0 amide bonds. The minimum absolute atomic E-state index is 0.0606. The number of hydrogen-bond donors (Lipinski definition) is 2. The van der Waals surface area contributed by atoms with Crippen LogP contribution in [0.1, 0.15) is 34.5 Å². The number of ether oxygens (including phenoxy) is 2. The Hall–Kier alpha value is -3.65. The maximum atomic E-state index is 11.8. The molecule has 3 aromatic rings. The molecule has 0 spiro atoms. The molecule has 8 nitrogen and oxygen atoms in total. The number of anilines is 2. The first kappa shape index (κ1) is 21.6. The Labute approximate surface area is 186 Å². The van der Waals surface area contributed by atoms with Gasteiger partial charge in [0.05, 0.1) is 30.2 Å². The number of aromatic hydroxyl groups is 1. The van der Waals surface area contributed by atoms with Crippen LogP contribution >= 0.6 is 0 Å². The standard InChI is InChI=1S/C24H26N4O4/c1-14-10-16(24(30)31-3)8-9-17(14)22-13-28(12-15(2)32-22)20-11-19(26-27-23(20)25)18-6-4-5-7-21(18)29/h4-11,15,22,29H,12-13H2,1-3H3,(H2,25,27)/t15-,22-/m1/s1. The molecule has 4 rings (SSSR count). The van der Waals surface area contributed by atoms with Crippen molar-refractivity contribution in [1.82, 2.24) is 10.2 Å². The molecule has 1 aromatic heterocycles. The normalized spacial score (nSPS) is 18.4. The number of esters is 1. The molecule has 1 saturated heterocycles. The molecule has 1 aliphatic rings. The minimum Gasteiger partial charge on any atom is -0.507 e.